The first-order chi connectivity index (χ1) is 13.8. The van der Waals surface area contributed by atoms with Gasteiger partial charge in [-0.05, 0) is 41.0 Å². The average molecular weight is 501 g/mol. The van der Waals surface area contributed by atoms with E-state index < -0.39 is 0 Å². The molecule has 0 aliphatic heterocycles. The Hall–Kier alpha value is -2.35. The molecule has 3 aromatic rings. The maximum Gasteiger partial charge on any atom is 0.191 e. The van der Waals surface area contributed by atoms with Gasteiger partial charge in [0.2, 0.25) is 0 Å². The Balaban J connectivity index is 0.00000240. The lowest BCUT2D eigenvalue weighted by molar-refractivity contribution is 0.738. The molecular weight excluding hydrogens is 473 g/mol. The summed E-state index contributed by atoms with van der Waals surface area (Å²) in [5.74, 6) is 1.70. The molecule has 152 valence electrons. The number of aliphatic imine (C=N–C) groups is 1. The molecule has 0 amide bonds. The van der Waals surface area contributed by atoms with Gasteiger partial charge >= 0.3 is 0 Å². The van der Waals surface area contributed by atoms with Gasteiger partial charge < -0.3 is 15.2 Å². The molecule has 1 heterocycles. The minimum Gasteiger partial charge on any atom is -0.356 e. The lowest BCUT2D eigenvalue weighted by atomic mass is 9.98. The second-order valence-corrected chi connectivity index (χ2v) is 7.34. The summed E-state index contributed by atoms with van der Waals surface area (Å²) in [5, 5.41) is 6.87. The van der Waals surface area contributed by atoms with Crippen LogP contribution in [-0.4, -0.2) is 29.1 Å². The fourth-order valence-electron chi connectivity index (χ4n) is 3.30. The van der Waals surface area contributed by atoms with Gasteiger partial charge in [-0.3, -0.25) is 4.99 Å². The van der Waals surface area contributed by atoms with Crippen LogP contribution in [0.25, 0.3) is 11.1 Å². The monoisotopic (exact) mass is 501 g/mol. The van der Waals surface area contributed by atoms with Crippen LogP contribution in [0.15, 0.2) is 72.2 Å². The molecule has 0 atom stereocenters. The maximum absolute atomic E-state index is 4.34. The van der Waals surface area contributed by atoms with Crippen molar-refractivity contribution in [3.05, 3.63) is 78.4 Å². The van der Waals surface area contributed by atoms with E-state index in [1.807, 2.05) is 25.8 Å². The molecule has 0 radical (unpaired) electrons. The molecule has 2 aromatic carbocycles. The quantitative estimate of drug-likeness (QED) is 0.289. The van der Waals surface area contributed by atoms with Crippen molar-refractivity contribution >= 4 is 29.9 Å². The van der Waals surface area contributed by atoms with E-state index in [-0.39, 0.29) is 24.0 Å². The second kappa shape index (κ2) is 10.4. The van der Waals surface area contributed by atoms with E-state index in [1.165, 1.54) is 35.1 Å². The highest BCUT2D eigenvalue weighted by Gasteiger charge is 2.21. The molecular formula is C23H28IN5. The van der Waals surface area contributed by atoms with E-state index >= 15 is 0 Å². The Morgan fingerprint density at radius 2 is 1.90 bits per heavy atom. The third-order valence-corrected chi connectivity index (χ3v) is 5.13. The first kappa shape index (κ1) is 21.4. The molecule has 0 spiro atoms. The van der Waals surface area contributed by atoms with E-state index in [1.54, 1.807) is 0 Å². The number of nitrogens with zero attached hydrogens (tertiary/aromatic N) is 3. The molecule has 1 aromatic heterocycles. The molecule has 6 heteroatoms. The second-order valence-electron chi connectivity index (χ2n) is 7.34. The predicted molar refractivity (Wildman–Crippen MR) is 130 cm³/mol. The van der Waals surface area contributed by atoms with Crippen molar-refractivity contribution in [2.75, 3.05) is 13.6 Å². The Morgan fingerprint density at radius 1 is 1.10 bits per heavy atom. The molecule has 1 aliphatic rings. The number of aromatic nitrogens is 2. The number of hydrogen-bond acceptors (Lipinski definition) is 2. The van der Waals surface area contributed by atoms with Gasteiger partial charge in [-0.25, -0.2) is 4.98 Å². The van der Waals surface area contributed by atoms with Crippen LogP contribution in [0.4, 0.5) is 0 Å². The summed E-state index contributed by atoms with van der Waals surface area (Å²) >= 11 is 0. The molecule has 29 heavy (non-hydrogen) atoms. The molecule has 0 unspecified atom stereocenters. The van der Waals surface area contributed by atoms with E-state index in [2.05, 4.69) is 73.7 Å². The zero-order valence-corrected chi connectivity index (χ0v) is 19.0. The van der Waals surface area contributed by atoms with Crippen LogP contribution in [0, 0.1) is 5.92 Å². The van der Waals surface area contributed by atoms with Crippen LogP contribution < -0.4 is 10.6 Å². The maximum atomic E-state index is 4.34. The summed E-state index contributed by atoms with van der Waals surface area (Å²) in [4.78, 5) is 8.44. The SMILES string of the molecule is CN=C(NCc1ccccc1-c1ccc(Cn2ccnc2)cc1)NCC1CC1.I. The number of hydrogen-bond donors (Lipinski definition) is 2. The predicted octanol–water partition coefficient (Wildman–Crippen LogP) is 4.29. The zero-order valence-electron chi connectivity index (χ0n) is 16.7. The minimum absolute atomic E-state index is 0. The topological polar surface area (TPSA) is 54.2 Å². The first-order valence-electron chi connectivity index (χ1n) is 9.89. The van der Waals surface area contributed by atoms with Gasteiger partial charge in [0, 0.05) is 39.1 Å². The van der Waals surface area contributed by atoms with Crippen molar-refractivity contribution in [3.63, 3.8) is 0 Å². The Morgan fingerprint density at radius 3 is 2.59 bits per heavy atom. The van der Waals surface area contributed by atoms with Crippen LogP contribution in [0.2, 0.25) is 0 Å². The van der Waals surface area contributed by atoms with E-state index in [9.17, 15) is 0 Å². The summed E-state index contributed by atoms with van der Waals surface area (Å²) in [5.41, 5.74) is 5.01. The summed E-state index contributed by atoms with van der Waals surface area (Å²) < 4.78 is 2.08. The van der Waals surface area contributed by atoms with Gasteiger partial charge in [-0.1, -0.05) is 48.5 Å². The number of rotatable bonds is 7. The van der Waals surface area contributed by atoms with Crippen LogP contribution in [-0.2, 0) is 13.1 Å². The molecule has 0 saturated heterocycles. The average Bonchev–Trinajstić information content (AvgIpc) is 3.43. The number of imidazole rings is 1. The lowest BCUT2D eigenvalue weighted by Crippen LogP contribution is -2.37. The third kappa shape index (κ3) is 6.06. The molecule has 2 N–H and O–H groups in total. The highest BCUT2D eigenvalue weighted by molar-refractivity contribution is 14.0. The van der Waals surface area contributed by atoms with Gasteiger partial charge in [0.15, 0.2) is 5.96 Å². The van der Waals surface area contributed by atoms with E-state index in [4.69, 9.17) is 0 Å². The fourth-order valence-corrected chi connectivity index (χ4v) is 3.30. The van der Waals surface area contributed by atoms with Crippen molar-refractivity contribution in [1.82, 2.24) is 20.2 Å². The van der Waals surface area contributed by atoms with Gasteiger partial charge in [0.25, 0.3) is 0 Å². The number of halogens is 1. The molecule has 5 nitrogen and oxygen atoms in total. The molecule has 4 rings (SSSR count). The summed E-state index contributed by atoms with van der Waals surface area (Å²) in [6.45, 7) is 2.60. The minimum atomic E-state index is 0. The number of benzene rings is 2. The van der Waals surface area contributed by atoms with Crippen LogP contribution in [0.5, 0.6) is 0 Å². The highest BCUT2D eigenvalue weighted by atomic mass is 127. The summed E-state index contributed by atoms with van der Waals surface area (Å²) in [6, 6.07) is 17.3. The summed E-state index contributed by atoms with van der Waals surface area (Å²) in [7, 11) is 1.83. The Kier molecular flexibility index (Phi) is 7.69. The normalized spacial score (nSPS) is 13.6. The largest absolute Gasteiger partial charge is 0.356 e. The van der Waals surface area contributed by atoms with Crippen molar-refractivity contribution < 1.29 is 0 Å². The van der Waals surface area contributed by atoms with Crippen molar-refractivity contribution in [1.29, 1.82) is 0 Å². The van der Waals surface area contributed by atoms with Crippen molar-refractivity contribution in [2.45, 2.75) is 25.9 Å². The van der Waals surface area contributed by atoms with Crippen molar-refractivity contribution in [2.24, 2.45) is 10.9 Å². The van der Waals surface area contributed by atoms with Crippen LogP contribution in [0.1, 0.15) is 24.0 Å². The molecule has 1 saturated carbocycles. The standard InChI is InChI=1S/C23H27N5.HI/c1-24-23(26-14-18-6-7-18)27-15-21-4-2-3-5-22(21)20-10-8-19(9-11-20)16-28-13-12-25-17-28;/h2-5,8-13,17-18H,6-7,14-16H2,1H3,(H2,24,26,27);1H. The van der Waals surface area contributed by atoms with Crippen LogP contribution in [0.3, 0.4) is 0 Å². The van der Waals surface area contributed by atoms with Gasteiger partial charge in [-0.2, -0.15) is 0 Å². The van der Waals surface area contributed by atoms with Crippen molar-refractivity contribution in [3.8, 4) is 11.1 Å². The molecule has 1 fully saturated rings. The van der Waals surface area contributed by atoms with E-state index in [0.717, 1.165) is 31.5 Å². The van der Waals surface area contributed by atoms with Gasteiger partial charge in [-0.15, -0.1) is 24.0 Å². The Labute approximate surface area is 189 Å². The lowest BCUT2D eigenvalue weighted by Gasteiger charge is -2.14. The molecule has 1 aliphatic carbocycles. The zero-order chi connectivity index (χ0) is 19.2. The van der Waals surface area contributed by atoms with Gasteiger partial charge in [0.05, 0.1) is 6.33 Å². The van der Waals surface area contributed by atoms with E-state index in [0.29, 0.717) is 0 Å². The van der Waals surface area contributed by atoms with Gasteiger partial charge in [0.1, 0.15) is 0 Å². The van der Waals surface area contributed by atoms with Crippen LogP contribution >= 0.6 is 24.0 Å². The smallest absolute Gasteiger partial charge is 0.191 e. The highest BCUT2D eigenvalue weighted by Crippen LogP contribution is 2.27. The summed E-state index contributed by atoms with van der Waals surface area (Å²) in [6.07, 6.45) is 8.32. The fraction of sp³-hybridized carbons (Fsp3) is 0.304. The first-order valence-corrected chi connectivity index (χ1v) is 9.89. The number of nitrogens with one attached hydrogen (secondary N) is 2. The third-order valence-electron chi connectivity index (χ3n) is 5.13. The molecule has 0 bridgehead atoms. The Bertz CT molecular complexity index is 915. The number of guanidine groups is 1.